The van der Waals surface area contributed by atoms with Crippen molar-refractivity contribution in [3.8, 4) is 11.5 Å². The number of carbonyl (C=O) groups excluding carboxylic acids is 1. The molecule has 0 saturated carbocycles. The SMILES string of the molecule is COc1cc(C(C)=O)ccc1OS(=O)(=O)c1ccc(Br)cc1. The molecule has 0 amide bonds. The van der Waals surface area contributed by atoms with E-state index in [-0.39, 0.29) is 22.2 Å². The molecule has 0 aliphatic heterocycles. The molecule has 0 N–H and O–H groups in total. The number of ketones is 1. The maximum atomic E-state index is 12.2. The number of hydrogen-bond acceptors (Lipinski definition) is 5. The van der Waals surface area contributed by atoms with Crippen LogP contribution in [0.25, 0.3) is 0 Å². The Morgan fingerprint density at radius 2 is 1.68 bits per heavy atom. The monoisotopic (exact) mass is 384 g/mol. The highest BCUT2D eigenvalue weighted by molar-refractivity contribution is 9.10. The largest absolute Gasteiger partial charge is 0.493 e. The van der Waals surface area contributed by atoms with Gasteiger partial charge in [0.2, 0.25) is 0 Å². The number of methoxy groups -OCH3 is 1. The molecule has 2 aromatic carbocycles. The van der Waals surface area contributed by atoms with Crippen LogP contribution in [0.4, 0.5) is 0 Å². The van der Waals surface area contributed by atoms with Crippen LogP contribution in [0.15, 0.2) is 51.8 Å². The lowest BCUT2D eigenvalue weighted by Gasteiger charge is -2.11. The number of rotatable bonds is 5. The highest BCUT2D eigenvalue weighted by atomic mass is 79.9. The molecule has 0 aliphatic rings. The third kappa shape index (κ3) is 3.66. The van der Waals surface area contributed by atoms with Crippen molar-refractivity contribution in [2.75, 3.05) is 7.11 Å². The second kappa shape index (κ2) is 6.50. The number of carbonyl (C=O) groups is 1. The zero-order valence-electron chi connectivity index (χ0n) is 11.9. The topological polar surface area (TPSA) is 69.7 Å². The van der Waals surface area contributed by atoms with E-state index in [1.807, 2.05) is 0 Å². The van der Waals surface area contributed by atoms with Gasteiger partial charge in [0.15, 0.2) is 17.3 Å². The number of halogens is 1. The Morgan fingerprint density at radius 3 is 2.23 bits per heavy atom. The average Bonchev–Trinajstić information content (AvgIpc) is 2.47. The molecule has 0 aromatic heterocycles. The quantitative estimate of drug-likeness (QED) is 0.583. The van der Waals surface area contributed by atoms with Crippen molar-refractivity contribution in [2.24, 2.45) is 0 Å². The van der Waals surface area contributed by atoms with Gasteiger partial charge in [-0.25, -0.2) is 0 Å². The summed E-state index contributed by atoms with van der Waals surface area (Å²) < 4.78 is 35.4. The maximum Gasteiger partial charge on any atom is 0.339 e. The van der Waals surface area contributed by atoms with E-state index < -0.39 is 10.1 Å². The van der Waals surface area contributed by atoms with Gasteiger partial charge < -0.3 is 8.92 Å². The van der Waals surface area contributed by atoms with E-state index in [1.54, 1.807) is 12.1 Å². The first-order valence-electron chi connectivity index (χ1n) is 6.22. The van der Waals surface area contributed by atoms with Crippen LogP contribution in [0.3, 0.4) is 0 Å². The van der Waals surface area contributed by atoms with E-state index in [9.17, 15) is 13.2 Å². The van der Waals surface area contributed by atoms with Crippen LogP contribution in [-0.4, -0.2) is 21.3 Å². The molecule has 0 fully saturated rings. The first-order valence-corrected chi connectivity index (χ1v) is 8.42. The van der Waals surface area contributed by atoms with E-state index >= 15 is 0 Å². The Bertz CT molecular complexity index is 797. The van der Waals surface area contributed by atoms with Crippen LogP contribution in [0.5, 0.6) is 11.5 Å². The van der Waals surface area contributed by atoms with Crippen molar-refractivity contribution >= 4 is 31.8 Å². The zero-order valence-corrected chi connectivity index (χ0v) is 14.3. The molecule has 5 nitrogen and oxygen atoms in total. The van der Waals surface area contributed by atoms with Gasteiger partial charge in [0.1, 0.15) is 4.90 Å². The van der Waals surface area contributed by atoms with Crippen molar-refractivity contribution in [3.63, 3.8) is 0 Å². The van der Waals surface area contributed by atoms with E-state index in [1.165, 1.54) is 44.4 Å². The fourth-order valence-corrected chi connectivity index (χ4v) is 2.93. The standard InChI is InChI=1S/C15H13BrO5S/c1-10(17)11-3-8-14(15(9-11)20-2)21-22(18,19)13-6-4-12(16)5-7-13/h3-9H,1-2H3. The zero-order chi connectivity index (χ0) is 16.3. The summed E-state index contributed by atoms with van der Waals surface area (Å²) in [5.74, 6) is 0.0458. The lowest BCUT2D eigenvalue weighted by molar-refractivity contribution is 0.101. The van der Waals surface area contributed by atoms with E-state index in [0.29, 0.717) is 5.56 Å². The molecular weight excluding hydrogens is 372 g/mol. The minimum Gasteiger partial charge on any atom is -0.493 e. The molecule has 0 atom stereocenters. The maximum absolute atomic E-state index is 12.2. The molecule has 116 valence electrons. The number of benzene rings is 2. The van der Waals surface area contributed by atoms with Crippen molar-refractivity contribution in [1.29, 1.82) is 0 Å². The predicted molar refractivity (Wildman–Crippen MR) is 85.0 cm³/mol. The van der Waals surface area contributed by atoms with Gasteiger partial charge in [-0.05, 0) is 49.4 Å². The van der Waals surface area contributed by atoms with Gasteiger partial charge in [-0.15, -0.1) is 0 Å². The molecule has 0 heterocycles. The summed E-state index contributed by atoms with van der Waals surface area (Å²) in [6.07, 6.45) is 0. The smallest absolute Gasteiger partial charge is 0.339 e. The Balaban J connectivity index is 2.37. The number of Topliss-reactive ketones (excluding diaryl/α,β-unsaturated/α-hetero) is 1. The van der Waals surface area contributed by atoms with E-state index in [4.69, 9.17) is 8.92 Å². The van der Waals surface area contributed by atoms with Gasteiger partial charge in [-0.2, -0.15) is 8.42 Å². The summed E-state index contributed by atoms with van der Waals surface area (Å²) in [6.45, 7) is 1.41. The highest BCUT2D eigenvalue weighted by Crippen LogP contribution is 2.31. The Morgan fingerprint density at radius 1 is 1.05 bits per heavy atom. The van der Waals surface area contributed by atoms with Crippen LogP contribution in [0.1, 0.15) is 17.3 Å². The van der Waals surface area contributed by atoms with Gasteiger partial charge in [0.05, 0.1) is 7.11 Å². The minimum atomic E-state index is -3.98. The van der Waals surface area contributed by atoms with Crippen molar-refractivity contribution in [1.82, 2.24) is 0 Å². The highest BCUT2D eigenvalue weighted by Gasteiger charge is 2.19. The van der Waals surface area contributed by atoms with Gasteiger partial charge in [-0.1, -0.05) is 15.9 Å². The molecule has 0 radical (unpaired) electrons. The summed E-state index contributed by atoms with van der Waals surface area (Å²) in [7, 11) is -2.61. The summed E-state index contributed by atoms with van der Waals surface area (Å²) in [5, 5.41) is 0. The van der Waals surface area contributed by atoms with Crippen molar-refractivity contribution in [3.05, 3.63) is 52.5 Å². The summed E-state index contributed by atoms with van der Waals surface area (Å²) >= 11 is 3.24. The Kier molecular flexibility index (Phi) is 4.87. The van der Waals surface area contributed by atoms with Gasteiger partial charge in [-0.3, -0.25) is 4.79 Å². The molecule has 0 aliphatic carbocycles. The number of hydrogen-bond donors (Lipinski definition) is 0. The third-order valence-electron chi connectivity index (χ3n) is 2.87. The van der Waals surface area contributed by atoms with Crippen LogP contribution < -0.4 is 8.92 Å². The summed E-state index contributed by atoms with van der Waals surface area (Å²) in [6, 6.07) is 10.4. The second-order valence-electron chi connectivity index (χ2n) is 4.41. The molecular formula is C15H13BrO5S. The third-order valence-corrected chi connectivity index (χ3v) is 4.65. The second-order valence-corrected chi connectivity index (χ2v) is 6.88. The van der Waals surface area contributed by atoms with E-state index in [0.717, 1.165) is 4.47 Å². The molecule has 0 saturated heterocycles. The first kappa shape index (κ1) is 16.5. The van der Waals surface area contributed by atoms with Crippen LogP contribution >= 0.6 is 15.9 Å². The lowest BCUT2D eigenvalue weighted by atomic mass is 10.1. The molecule has 0 spiro atoms. The molecule has 22 heavy (non-hydrogen) atoms. The van der Waals surface area contributed by atoms with Gasteiger partial charge >= 0.3 is 10.1 Å². The minimum absolute atomic E-state index is 0.0217. The average molecular weight is 385 g/mol. The summed E-state index contributed by atoms with van der Waals surface area (Å²) in [4.78, 5) is 11.4. The van der Waals surface area contributed by atoms with Crippen molar-refractivity contribution in [2.45, 2.75) is 11.8 Å². The predicted octanol–water partition coefficient (Wildman–Crippen LogP) is 3.43. The van der Waals surface area contributed by atoms with Crippen LogP contribution in [-0.2, 0) is 10.1 Å². The van der Waals surface area contributed by atoms with E-state index in [2.05, 4.69) is 15.9 Å². The molecule has 0 bridgehead atoms. The van der Waals surface area contributed by atoms with Crippen LogP contribution in [0, 0.1) is 0 Å². The normalized spacial score (nSPS) is 11.0. The van der Waals surface area contributed by atoms with Gasteiger partial charge in [0.25, 0.3) is 0 Å². The van der Waals surface area contributed by atoms with Crippen LogP contribution in [0.2, 0.25) is 0 Å². The summed E-state index contributed by atoms with van der Waals surface area (Å²) in [5.41, 5.74) is 0.408. The van der Waals surface area contributed by atoms with Crippen molar-refractivity contribution < 1.29 is 22.1 Å². The Labute approximate surface area is 137 Å². The number of ether oxygens (including phenoxy) is 1. The fourth-order valence-electron chi connectivity index (χ4n) is 1.72. The molecule has 0 unspecified atom stereocenters. The first-order chi connectivity index (χ1) is 10.3. The fraction of sp³-hybridized carbons (Fsp3) is 0.133. The molecule has 2 rings (SSSR count). The molecule has 7 heteroatoms. The lowest BCUT2D eigenvalue weighted by Crippen LogP contribution is -2.10. The Hall–Kier alpha value is -1.86. The van der Waals surface area contributed by atoms with Gasteiger partial charge in [0, 0.05) is 10.0 Å². The molecule has 2 aromatic rings.